The molecule has 0 spiro atoms. The lowest BCUT2D eigenvalue weighted by Crippen LogP contribution is -2.40. The Balaban J connectivity index is 4.32. The highest BCUT2D eigenvalue weighted by Crippen LogP contribution is 2.13. The quantitative estimate of drug-likeness (QED) is 0.0211. The van der Waals surface area contributed by atoms with E-state index in [1.807, 2.05) is 21.1 Å². The number of hydrogen-bond acceptors (Lipinski definition) is 7. The van der Waals surface area contributed by atoms with Gasteiger partial charge in [-0.1, -0.05) is 187 Å². The summed E-state index contributed by atoms with van der Waals surface area (Å²) in [4.78, 5) is 37.3. The highest BCUT2D eigenvalue weighted by Gasteiger charge is 2.25. The lowest BCUT2D eigenvalue weighted by Gasteiger charge is -2.25. The monoisotopic (exact) mass is 961 g/mol. The normalized spacial score (nSPS) is 13.8. The molecule has 2 atom stereocenters. The van der Waals surface area contributed by atoms with Crippen molar-refractivity contribution in [3.05, 3.63) is 122 Å². The van der Waals surface area contributed by atoms with Crippen LogP contribution in [0.2, 0.25) is 0 Å². The number of carbonyl (C=O) groups is 3. The van der Waals surface area contributed by atoms with Gasteiger partial charge in [0, 0.05) is 12.8 Å². The van der Waals surface area contributed by atoms with Gasteiger partial charge < -0.3 is 28.5 Å². The Morgan fingerprint density at radius 1 is 0.449 bits per heavy atom. The fraction of sp³-hybridized carbons (Fsp3) is 0.617. The topological polar surface area (TPSA) is 108 Å². The van der Waals surface area contributed by atoms with Crippen LogP contribution in [0.3, 0.4) is 0 Å². The predicted octanol–water partition coefficient (Wildman–Crippen LogP) is 15.3. The van der Waals surface area contributed by atoms with Crippen molar-refractivity contribution < 1.29 is 42.9 Å². The largest absolute Gasteiger partial charge is 0.477 e. The number of quaternary nitrogens is 1. The predicted molar refractivity (Wildman–Crippen MR) is 290 cm³/mol. The summed E-state index contributed by atoms with van der Waals surface area (Å²) in [6, 6.07) is 0. The molecule has 0 rings (SSSR count). The van der Waals surface area contributed by atoms with Crippen molar-refractivity contribution in [3.8, 4) is 0 Å². The third-order valence-corrected chi connectivity index (χ3v) is 10.7. The zero-order valence-electron chi connectivity index (χ0n) is 44.2. The van der Waals surface area contributed by atoms with E-state index in [9.17, 15) is 19.5 Å². The van der Waals surface area contributed by atoms with E-state index in [1.165, 1.54) is 6.42 Å². The second-order valence-corrected chi connectivity index (χ2v) is 18.4. The van der Waals surface area contributed by atoms with E-state index >= 15 is 0 Å². The molecule has 0 amide bonds. The van der Waals surface area contributed by atoms with Gasteiger partial charge in [-0.05, 0) is 103 Å². The van der Waals surface area contributed by atoms with Gasteiger partial charge in [0.1, 0.15) is 13.2 Å². The lowest BCUT2D eigenvalue weighted by atomic mass is 10.1. The number of ether oxygens (including phenoxy) is 4. The van der Waals surface area contributed by atoms with E-state index in [4.69, 9.17) is 18.9 Å². The summed E-state index contributed by atoms with van der Waals surface area (Å²) in [6.07, 6.45) is 67.0. The molecule has 0 radical (unpaired) electrons. The maximum absolute atomic E-state index is 12.8. The molecule has 1 N–H and O–H groups in total. The zero-order chi connectivity index (χ0) is 50.6. The van der Waals surface area contributed by atoms with E-state index in [0.717, 1.165) is 141 Å². The van der Waals surface area contributed by atoms with Crippen LogP contribution >= 0.6 is 0 Å². The first-order valence-corrected chi connectivity index (χ1v) is 26.7. The van der Waals surface area contributed by atoms with Crippen molar-refractivity contribution in [3.63, 3.8) is 0 Å². The standard InChI is InChI=1S/C60H97NO8/c1-6-8-10-12-14-16-18-20-21-22-23-24-25-26-27-28-29-30-31-32-33-34-35-36-37-39-41-43-45-47-49-51-58(63)69-56(55-68-60(59(64)65)66-53-52-61(3,4)5)54-67-57(62)50-48-46-44-42-40-38-19-17-15-13-11-9-7-2/h8,10-11,13-14,16-17,19-21,23-24,26-27,29-30,32-33,35-36,56,60H,6-7,9,12,15,18,22,25,28,31,34,37-55H2,1-5H3/p+1/b10-8-,13-11-,16-14-,19-17-,21-20-,24-23-,27-26-,30-29-,33-32-,36-35-. The number of esters is 2. The van der Waals surface area contributed by atoms with Gasteiger partial charge in [-0.15, -0.1) is 0 Å². The first kappa shape index (κ1) is 64.7. The van der Waals surface area contributed by atoms with Gasteiger partial charge in [-0.25, -0.2) is 4.79 Å². The fourth-order valence-corrected chi connectivity index (χ4v) is 6.59. The number of rotatable bonds is 47. The first-order chi connectivity index (χ1) is 33.6. The molecule has 0 aliphatic rings. The third kappa shape index (κ3) is 51.4. The second-order valence-electron chi connectivity index (χ2n) is 18.4. The molecule has 0 aromatic carbocycles. The Morgan fingerprint density at radius 3 is 1.23 bits per heavy atom. The van der Waals surface area contributed by atoms with Gasteiger partial charge in [0.05, 0.1) is 34.4 Å². The summed E-state index contributed by atoms with van der Waals surface area (Å²) in [5.74, 6) is -2.06. The van der Waals surface area contributed by atoms with E-state index in [-0.39, 0.29) is 38.6 Å². The molecule has 0 heterocycles. The minimum atomic E-state index is -1.52. The molecule has 0 aromatic rings. The molecule has 69 heavy (non-hydrogen) atoms. The molecule has 0 saturated heterocycles. The SMILES string of the molecule is CC/C=C\C/C=C\C/C=C\C/C=C\C/C=C\C/C=C\C/C=C\C/C=C\CCCCCCCCC(=O)OC(COC(=O)CCCCCCC/C=C\C/C=C\CCC)COC(OCC[N+](C)(C)C)C(=O)O. The Kier molecular flexibility index (Phi) is 47.0. The van der Waals surface area contributed by atoms with Crippen molar-refractivity contribution in [1.29, 1.82) is 0 Å². The lowest BCUT2D eigenvalue weighted by molar-refractivity contribution is -0.870. The highest BCUT2D eigenvalue weighted by molar-refractivity contribution is 5.71. The molecule has 0 bridgehead atoms. The van der Waals surface area contributed by atoms with Crippen LogP contribution in [0.25, 0.3) is 0 Å². The molecule has 0 aliphatic heterocycles. The number of aliphatic carboxylic acids is 1. The maximum Gasteiger partial charge on any atom is 0.361 e. The van der Waals surface area contributed by atoms with Crippen molar-refractivity contribution in [2.75, 3.05) is 47.5 Å². The molecule has 2 unspecified atom stereocenters. The van der Waals surface area contributed by atoms with E-state index in [2.05, 4.69) is 135 Å². The minimum Gasteiger partial charge on any atom is -0.477 e. The van der Waals surface area contributed by atoms with Crippen molar-refractivity contribution in [2.45, 2.75) is 193 Å². The van der Waals surface area contributed by atoms with Gasteiger partial charge in [0.25, 0.3) is 6.29 Å². The van der Waals surface area contributed by atoms with Crippen molar-refractivity contribution >= 4 is 17.9 Å². The summed E-state index contributed by atoms with van der Waals surface area (Å²) < 4.78 is 22.8. The van der Waals surface area contributed by atoms with Crippen molar-refractivity contribution in [1.82, 2.24) is 0 Å². The first-order valence-electron chi connectivity index (χ1n) is 26.7. The van der Waals surface area contributed by atoms with E-state index < -0.39 is 24.3 Å². The summed E-state index contributed by atoms with van der Waals surface area (Å²) in [5.41, 5.74) is 0. The summed E-state index contributed by atoms with van der Waals surface area (Å²) in [6.45, 7) is 4.63. The zero-order valence-corrected chi connectivity index (χ0v) is 44.2. The summed E-state index contributed by atoms with van der Waals surface area (Å²) >= 11 is 0. The van der Waals surface area contributed by atoms with E-state index in [0.29, 0.717) is 17.4 Å². The summed E-state index contributed by atoms with van der Waals surface area (Å²) in [7, 11) is 5.94. The molecule has 0 saturated carbocycles. The van der Waals surface area contributed by atoms with Crippen LogP contribution in [-0.2, 0) is 33.3 Å². The van der Waals surface area contributed by atoms with Crippen LogP contribution in [0.4, 0.5) is 0 Å². The van der Waals surface area contributed by atoms with Crippen molar-refractivity contribution in [2.24, 2.45) is 0 Å². The molecular formula is C60H98NO8+. The number of likely N-dealkylation sites (N-methyl/N-ethyl adjacent to an activating group) is 1. The highest BCUT2D eigenvalue weighted by atomic mass is 16.7. The van der Waals surface area contributed by atoms with E-state index in [1.54, 1.807) is 0 Å². The molecular weight excluding hydrogens is 863 g/mol. The average molecular weight is 961 g/mol. The van der Waals surface area contributed by atoms with Crippen LogP contribution < -0.4 is 0 Å². The Morgan fingerprint density at radius 2 is 0.826 bits per heavy atom. The number of hydrogen-bond donors (Lipinski definition) is 1. The number of allylic oxidation sites excluding steroid dienone is 20. The molecule has 9 heteroatoms. The Hall–Kier alpha value is -4.31. The molecule has 9 nitrogen and oxygen atoms in total. The van der Waals surface area contributed by atoms with Crippen LogP contribution in [0.1, 0.15) is 181 Å². The second kappa shape index (κ2) is 50.1. The molecule has 0 fully saturated rings. The minimum absolute atomic E-state index is 0.175. The average Bonchev–Trinajstić information content (AvgIpc) is 3.31. The molecule has 0 aromatic heterocycles. The molecule has 390 valence electrons. The van der Waals surface area contributed by atoms with Gasteiger partial charge in [-0.2, -0.15) is 0 Å². The number of carboxylic acids is 1. The number of carbonyl (C=O) groups excluding carboxylic acids is 2. The summed E-state index contributed by atoms with van der Waals surface area (Å²) in [5, 5.41) is 9.67. The van der Waals surface area contributed by atoms with Gasteiger partial charge in [0.2, 0.25) is 0 Å². The van der Waals surface area contributed by atoms with Gasteiger partial charge in [-0.3, -0.25) is 9.59 Å². The molecule has 0 aliphatic carbocycles. The third-order valence-electron chi connectivity index (χ3n) is 10.7. The van der Waals surface area contributed by atoms with Crippen LogP contribution in [0.5, 0.6) is 0 Å². The fourth-order valence-electron chi connectivity index (χ4n) is 6.59. The van der Waals surface area contributed by atoms with Gasteiger partial charge >= 0.3 is 17.9 Å². The van der Waals surface area contributed by atoms with Crippen LogP contribution in [0, 0.1) is 0 Å². The number of carboxylic acid groups (broad SMARTS) is 1. The number of unbranched alkanes of at least 4 members (excludes halogenated alkanes) is 12. The van der Waals surface area contributed by atoms with Crippen LogP contribution in [-0.4, -0.2) is 87.4 Å². The Labute approximate surface area is 421 Å². The Bertz CT molecular complexity index is 1540. The number of nitrogens with zero attached hydrogens (tertiary/aromatic N) is 1. The maximum atomic E-state index is 12.8. The van der Waals surface area contributed by atoms with Gasteiger partial charge in [0.15, 0.2) is 6.10 Å². The van der Waals surface area contributed by atoms with Crippen LogP contribution in [0.15, 0.2) is 122 Å². The smallest absolute Gasteiger partial charge is 0.361 e.